The molecule has 1 heterocycles. The van der Waals surface area contributed by atoms with Gasteiger partial charge in [-0.15, -0.1) is 0 Å². The molecular weight excluding hydrogens is 278 g/mol. The molecule has 1 saturated carbocycles. The Balaban J connectivity index is 1.64. The summed E-state index contributed by atoms with van der Waals surface area (Å²) in [5.74, 6) is 0.472. The quantitative estimate of drug-likeness (QED) is 0.757. The highest BCUT2D eigenvalue weighted by Gasteiger charge is 2.38. The topological polar surface area (TPSA) is 46.6 Å². The van der Waals surface area contributed by atoms with Crippen LogP contribution in [-0.2, 0) is 16.0 Å². The molecule has 0 N–H and O–H groups in total. The van der Waals surface area contributed by atoms with Gasteiger partial charge in [0.15, 0.2) is 0 Å². The predicted molar refractivity (Wildman–Crippen MR) is 83.2 cm³/mol. The maximum absolute atomic E-state index is 12.5. The van der Waals surface area contributed by atoms with Crippen LogP contribution in [0.2, 0.25) is 0 Å². The van der Waals surface area contributed by atoms with Gasteiger partial charge >= 0.3 is 6.09 Å². The minimum Gasteiger partial charge on any atom is -0.447 e. The molecule has 0 aromatic heterocycles. The molecule has 1 aromatic carbocycles. The maximum Gasteiger partial charge on any atom is 0.417 e. The first-order chi connectivity index (χ1) is 10.6. The lowest BCUT2D eigenvalue weighted by Gasteiger charge is -2.20. The molecule has 1 aliphatic carbocycles. The second-order valence-electron chi connectivity index (χ2n) is 6.18. The lowest BCUT2D eigenvalue weighted by atomic mass is 10.0. The zero-order valence-corrected chi connectivity index (χ0v) is 12.7. The van der Waals surface area contributed by atoms with Gasteiger partial charge in [-0.05, 0) is 30.7 Å². The number of carbonyl (C=O) groups is 2. The first-order valence-corrected chi connectivity index (χ1v) is 7.87. The number of ether oxygens (including phenoxy) is 1. The minimum atomic E-state index is -0.543. The van der Waals surface area contributed by atoms with Crippen LogP contribution in [0.1, 0.15) is 31.2 Å². The van der Waals surface area contributed by atoms with Crippen LogP contribution in [0.25, 0.3) is 0 Å². The van der Waals surface area contributed by atoms with Gasteiger partial charge in [0.25, 0.3) is 5.91 Å². The van der Waals surface area contributed by atoms with Gasteiger partial charge < -0.3 is 4.74 Å². The van der Waals surface area contributed by atoms with Gasteiger partial charge in [-0.25, -0.2) is 9.69 Å². The fraction of sp³-hybridized carbons (Fsp3) is 0.444. The summed E-state index contributed by atoms with van der Waals surface area (Å²) in [7, 11) is 0. The molecule has 1 aliphatic heterocycles. The van der Waals surface area contributed by atoms with E-state index in [0.717, 1.165) is 17.9 Å². The molecule has 116 valence electrons. The highest BCUT2D eigenvalue weighted by Crippen LogP contribution is 2.34. The van der Waals surface area contributed by atoms with Crippen molar-refractivity contribution in [2.75, 3.05) is 6.61 Å². The Hall–Kier alpha value is -2.10. The van der Waals surface area contributed by atoms with Crippen LogP contribution in [0.5, 0.6) is 0 Å². The third kappa shape index (κ3) is 3.38. The Labute approximate surface area is 130 Å². The molecule has 0 bridgehead atoms. The molecule has 0 unspecified atom stereocenters. The molecular formula is C18H21NO3. The number of hydrogen-bond donors (Lipinski definition) is 0. The molecule has 4 nitrogen and oxygen atoms in total. The highest BCUT2D eigenvalue weighted by atomic mass is 16.6. The smallest absolute Gasteiger partial charge is 0.417 e. The molecule has 2 aliphatic rings. The van der Waals surface area contributed by atoms with Gasteiger partial charge in [0.2, 0.25) is 0 Å². The third-order valence-electron chi connectivity index (χ3n) is 4.35. The lowest BCUT2D eigenvalue weighted by Crippen LogP contribution is -2.40. The van der Waals surface area contributed by atoms with Gasteiger partial charge in [-0.1, -0.05) is 49.8 Å². The van der Waals surface area contributed by atoms with Gasteiger partial charge in [0, 0.05) is 5.57 Å². The van der Waals surface area contributed by atoms with E-state index in [1.165, 1.54) is 17.7 Å². The molecule has 0 spiro atoms. The average molecular weight is 299 g/mol. The number of nitrogens with zero attached hydrogens (tertiary/aromatic N) is 1. The van der Waals surface area contributed by atoms with E-state index >= 15 is 0 Å². The van der Waals surface area contributed by atoms with E-state index in [9.17, 15) is 9.59 Å². The second kappa shape index (κ2) is 6.34. The van der Waals surface area contributed by atoms with Crippen molar-refractivity contribution in [3.8, 4) is 0 Å². The van der Waals surface area contributed by atoms with E-state index in [1.54, 1.807) is 0 Å². The summed E-state index contributed by atoms with van der Waals surface area (Å²) in [6.07, 6.45) is 4.25. The van der Waals surface area contributed by atoms with E-state index in [1.807, 2.05) is 30.3 Å². The summed E-state index contributed by atoms with van der Waals surface area (Å²) in [4.78, 5) is 25.7. The number of benzene rings is 1. The number of carbonyl (C=O) groups excluding carboxylic acids is 2. The summed E-state index contributed by atoms with van der Waals surface area (Å²) in [6.45, 7) is 4.14. The normalized spacial score (nSPS) is 20.8. The summed E-state index contributed by atoms with van der Waals surface area (Å²) >= 11 is 0. The summed E-state index contributed by atoms with van der Waals surface area (Å²) < 4.78 is 5.08. The Morgan fingerprint density at radius 3 is 2.68 bits per heavy atom. The summed E-state index contributed by atoms with van der Waals surface area (Å²) in [5, 5.41) is 0. The van der Waals surface area contributed by atoms with E-state index < -0.39 is 6.09 Å². The molecule has 0 radical (unpaired) electrons. The van der Waals surface area contributed by atoms with E-state index in [4.69, 9.17) is 4.74 Å². The largest absolute Gasteiger partial charge is 0.447 e. The van der Waals surface area contributed by atoms with Crippen LogP contribution in [0.3, 0.4) is 0 Å². The van der Waals surface area contributed by atoms with Crippen LogP contribution in [0.15, 0.2) is 42.5 Å². The van der Waals surface area contributed by atoms with Gasteiger partial charge in [-0.3, -0.25) is 4.79 Å². The van der Waals surface area contributed by atoms with Crippen molar-refractivity contribution in [2.24, 2.45) is 5.92 Å². The summed E-state index contributed by atoms with van der Waals surface area (Å²) in [6, 6.07) is 9.60. The van der Waals surface area contributed by atoms with Crippen molar-refractivity contribution in [1.82, 2.24) is 4.90 Å². The molecule has 1 aromatic rings. The second-order valence-corrected chi connectivity index (χ2v) is 6.18. The van der Waals surface area contributed by atoms with Gasteiger partial charge in [0.05, 0.1) is 6.04 Å². The van der Waals surface area contributed by atoms with Crippen LogP contribution in [-0.4, -0.2) is 29.5 Å². The van der Waals surface area contributed by atoms with E-state index in [0.29, 0.717) is 18.4 Å². The predicted octanol–water partition coefficient (Wildman–Crippen LogP) is 3.32. The number of cyclic esters (lactones) is 1. The number of imide groups is 1. The van der Waals surface area contributed by atoms with Crippen LogP contribution in [0.4, 0.5) is 4.79 Å². The van der Waals surface area contributed by atoms with E-state index in [2.05, 4.69) is 6.58 Å². The Morgan fingerprint density at radius 2 is 2.00 bits per heavy atom. The Morgan fingerprint density at radius 1 is 1.27 bits per heavy atom. The summed E-state index contributed by atoms with van der Waals surface area (Å²) in [5.41, 5.74) is 1.61. The molecule has 2 amide bonds. The SMILES string of the molecule is C=C(CCC1CC1)C(=O)N1C(=O)OC[C@@H]1Cc1ccccc1. The standard InChI is InChI=1S/C18H21NO3/c1-13(7-8-14-9-10-14)17(20)19-16(12-22-18(19)21)11-15-5-3-2-4-6-15/h2-6,14,16H,1,7-12H2/t16-/m0/s1. The lowest BCUT2D eigenvalue weighted by molar-refractivity contribution is -0.125. The zero-order chi connectivity index (χ0) is 15.5. The maximum atomic E-state index is 12.5. The molecule has 22 heavy (non-hydrogen) atoms. The zero-order valence-electron chi connectivity index (χ0n) is 12.7. The fourth-order valence-electron chi connectivity index (χ4n) is 2.81. The molecule has 1 atom stereocenters. The van der Waals surface area contributed by atoms with Gasteiger partial charge in [-0.2, -0.15) is 0 Å². The van der Waals surface area contributed by atoms with Crippen molar-refractivity contribution in [2.45, 2.75) is 38.1 Å². The Bertz CT molecular complexity index is 577. The minimum absolute atomic E-state index is 0.236. The first-order valence-electron chi connectivity index (χ1n) is 7.87. The van der Waals surface area contributed by atoms with E-state index in [-0.39, 0.29) is 18.6 Å². The van der Waals surface area contributed by atoms with Gasteiger partial charge in [0.1, 0.15) is 6.61 Å². The molecule has 4 heteroatoms. The molecule has 3 rings (SSSR count). The van der Waals surface area contributed by atoms with Crippen LogP contribution in [0, 0.1) is 5.92 Å². The van der Waals surface area contributed by atoms with Crippen molar-refractivity contribution in [3.05, 3.63) is 48.0 Å². The van der Waals surface area contributed by atoms with Crippen molar-refractivity contribution < 1.29 is 14.3 Å². The fourth-order valence-corrected chi connectivity index (χ4v) is 2.81. The number of amides is 2. The average Bonchev–Trinajstić information content (AvgIpc) is 3.29. The van der Waals surface area contributed by atoms with Crippen molar-refractivity contribution in [3.63, 3.8) is 0 Å². The number of hydrogen-bond acceptors (Lipinski definition) is 3. The highest BCUT2D eigenvalue weighted by molar-refractivity contribution is 6.03. The molecule has 2 fully saturated rings. The number of rotatable bonds is 6. The van der Waals surface area contributed by atoms with Crippen LogP contribution >= 0.6 is 0 Å². The monoisotopic (exact) mass is 299 g/mol. The molecule has 1 saturated heterocycles. The van der Waals surface area contributed by atoms with Crippen LogP contribution < -0.4 is 0 Å². The Kier molecular flexibility index (Phi) is 4.27. The van der Waals surface area contributed by atoms with Crippen molar-refractivity contribution >= 4 is 12.0 Å². The first kappa shape index (κ1) is 14.8. The van der Waals surface area contributed by atoms with Crippen molar-refractivity contribution in [1.29, 1.82) is 0 Å². The third-order valence-corrected chi connectivity index (χ3v) is 4.35.